The van der Waals surface area contributed by atoms with Gasteiger partial charge in [-0.3, -0.25) is 0 Å². The highest BCUT2D eigenvalue weighted by atomic mass is 35.5. The van der Waals surface area contributed by atoms with E-state index in [4.69, 9.17) is 22.1 Å². The lowest BCUT2D eigenvalue weighted by molar-refractivity contribution is -0.274. The number of nitrogens with two attached hydrogens (primary N) is 1. The molecule has 0 saturated carbocycles. The molecule has 0 saturated heterocycles. The van der Waals surface area contributed by atoms with E-state index in [1.54, 1.807) is 4.90 Å². The SMILES string of the molecule is CCCN(CCC)c1cc(Cl)c(OC(F)(F)F)cc1CC(Cc1cc(C(F)(F)F)cc(C(F)(F)F)c1)OC(N)=O. The van der Waals surface area contributed by atoms with Crippen LogP contribution < -0.4 is 15.4 Å². The van der Waals surface area contributed by atoms with Crippen LogP contribution in [-0.4, -0.2) is 31.6 Å². The molecule has 2 N–H and O–H groups in total. The number of rotatable bonds is 11. The molecule has 40 heavy (non-hydrogen) atoms. The minimum absolute atomic E-state index is 0.0567. The summed E-state index contributed by atoms with van der Waals surface area (Å²) in [5.41, 5.74) is 1.85. The summed E-state index contributed by atoms with van der Waals surface area (Å²) in [6, 6.07) is 3.02. The normalized spacial score (nSPS) is 13.2. The number of amides is 1. The van der Waals surface area contributed by atoms with Crippen molar-refractivity contribution in [3.05, 3.63) is 57.6 Å². The van der Waals surface area contributed by atoms with E-state index in [9.17, 15) is 44.3 Å². The number of carbonyl (C=O) groups excluding carboxylic acids is 1. The molecule has 0 aromatic heterocycles. The lowest BCUT2D eigenvalue weighted by atomic mass is 9.96. The van der Waals surface area contributed by atoms with E-state index in [-0.39, 0.29) is 11.6 Å². The molecule has 0 spiro atoms. The zero-order chi connectivity index (χ0) is 30.5. The number of primary amides is 1. The Balaban J connectivity index is 2.63. The van der Waals surface area contributed by atoms with E-state index >= 15 is 0 Å². The predicted octanol–water partition coefficient (Wildman–Crippen LogP) is 8.15. The third kappa shape index (κ3) is 9.86. The number of carbonyl (C=O) groups is 1. The molecule has 2 aromatic carbocycles. The maximum absolute atomic E-state index is 13.3. The maximum Gasteiger partial charge on any atom is 0.573 e. The van der Waals surface area contributed by atoms with Crippen LogP contribution in [0.3, 0.4) is 0 Å². The predicted molar refractivity (Wildman–Crippen MR) is 129 cm³/mol. The van der Waals surface area contributed by atoms with Gasteiger partial charge in [-0.1, -0.05) is 25.4 Å². The molecule has 0 heterocycles. The quantitative estimate of drug-likeness (QED) is 0.262. The van der Waals surface area contributed by atoms with Gasteiger partial charge in [-0.05, 0) is 54.3 Å². The van der Waals surface area contributed by atoms with Gasteiger partial charge < -0.3 is 20.1 Å². The Labute approximate surface area is 229 Å². The second kappa shape index (κ2) is 13.1. The molecule has 224 valence electrons. The summed E-state index contributed by atoms with van der Waals surface area (Å²) in [7, 11) is 0. The molecular weight excluding hydrogens is 583 g/mol. The number of nitrogens with zero attached hydrogens (tertiary/aromatic N) is 1. The molecule has 0 bridgehead atoms. The highest BCUT2D eigenvalue weighted by Gasteiger charge is 2.37. The minimum Gasteiger partial charge on any atom is -0.446 e. The van der Waals surface area contributed by atoms with Gasteiger partial charge in [-0.2, -0.15) is 26.3 Å². The second-order valence-corrected chi connectivity index (χ2v) is 9.23. The molecule has 5 nitrogen and oxygen atoms in total. The Bertz CT molecular complexity index is 1130. The van der Waals surface area contributed by atoms with Gasteiger partial charge in [0.25, 0.3) is 0 Å². The van der Waals surface area contributed by atoms with E-state index in [0.717, 1.165) is 6.07 Å². The molecule has 15 heteroatoms. The van der Waals surface area contributed by atoms with Crippen molar-refractivity contribution in [3.63, 3.8) is 0 Å². The van der Waals surface area contributed by atoms with Crippen LogP contribution in [0.4, 0.5) is 50.0 Å². The number of benzene rings is 2. The van der Waals surface area contributed by atoms with E-state index in [0.29, 0.717) is 43.8 Å². The average Bonchev–Trinajstić information content (AvgIpc) is 2.78. The van der Waals surface area contributed by atoms with E-state index in [1.165, 1.54) is 6.07 Å². The Morgan fingerprint density at radius 3 is 1.82 bits per heavy atom. The molecule has 1 unspecified atom stereocenters. The molecule has 2 aromatic rings. The van der Waals surface area contributed by atoms with Crippen molar-refractivity contribution < 1.29 is 53.8 Å². The van der Waals surface area contributed by atoms with Crippen molar-refractivity contribution in [2.75, 3.05) is 18.0 Å². The number of hydrogen-bond donors (Lipinski definition) is 1. The molecule has 1 amide bonds. The van der Waals surface area contributed by atoms with Crippen molar-refractivity contribution in [2.45, 2.75) is 64.3 Å². The van der Waals surface area contributed by atoms with Crippen LogP contribution in [0, 0.1) is 0 Å². The van der Waals surface area contributed by atoms with Crippen molar-refractivity contribution in [1.82, 2.24) is 0 Å². The van der Waals surface area contributed by atoms with Gasteiger partial charge in [0.1, 0.15) is 11.9 Å². The van der Waals surface area contributed by atoms with Crippen LogP contribution in [-0.2, 0) is 29.9 Å². The molecular formula is C25H26ClF9N2O3. The van der Waals surface area contributed by atoms with Crippen LogP contribution >= 0.6 is 11.6 Å². The number of hydrogen-bond acceptors (Lipinski definition) is 4. The molecule has 0 aliphatic heterocycles. The van der Waals surface area contributed by atoms with Gasteiger partial charge in [0.05, 0.1) is 16.1 Å². The summed E-state index contributed by atoms with van der Waals surface area (Å²) in [5.74, 6) is -0.794. The van der Waals surface area contributed by atoms with Gasteiger partial charge in [0.15, 0.2) is 0 Å². The summed E-state index contributed by atoms with van der Waals surface area (Å²) in [6.45, 7) is 4.55. The van der Waals surface area contributed by atoms with Crippen LogP contribution in [0.1, 0.15) is 48.9 Å². The highest BCUT2D eigenvalue weighted by Crippen LogP contribution is 2.39. The van der Waals surface area contributed by atoms with E-state index in [1.807, 2.05) is 13.8 Å². The smallest absolute Gasteiger partial charge is 0.446 e. The van der Waals surface area contributed by atoms with Crippen LogP contribution in [0.2, 0.25) is 5.02 Å². The Morgan fingerprint density at radius 1 is 0.875 bits per heavy atom. The Morgan fingerprint density at radius 2 is 1.40 bits per heavy atom. The molecule has 1 atom stereocenters. The number of anilines is 1. The topological polar surface area (TPSA) is 64.8 Å². The fraction of sp³-hybridized carbons (Fsp3) is 0.480. The summed E-state index contributed by atoms with van der Waals surface area (Å²) < 4.78 is 128. The molecule has 0 radical (unpaired) electrons. The van der Waals surface area contributed by atoms with Crippen LogP contribution in [0.15, 0.2) is 30.3 Å². The van der Waals surface area contributed by atoms with Crippen molar-refractivity contribution in [3.8, 4) is 5.75 Å². The summed E-state index contributed by atoms with van der Waals surface area (Å²) >= 11 is 6.05. The first-order valence-corrected chi connectivity index (χ1v) is 12.3. The van der Waals surface area contributed by atoms with Gasteiger partial charge in [-0.25, -0.2) is 4.79 Å². The molecule has 0 aliphatic rings. The van der Waals surface area contributed by atoms with Crippen LogP contribution in [0.25, 0.3) is 0 Å². The maximum atomic E-state index is 13.3. The third-order valence-electron chi connectivity index (χ3n) is 5.53. The van der Waals surface area contributed by atoms with Crippen LogP contribution in [0.5, 0.6) is 5.75 Å². The lowest BCUT2D eigenvalue weighted by Crippen LogP contribution is -2.30. The number of alkyl halides is 9. The first-order chi connectivity index (χ1) is 18.3. The molecule has 0 aliphatic carbocycles. The average molecular weight is 609 g/mol. The van der Waals surface area contributed by atoms with Gasteiger partial charge in [0.2, 0.25) is 0 Å². The van der Waals surface area contributed by atoms with Gasteiger partial charge >= 0.3 is 24.8 Å². The highest BCUT2D eigenvalue weighted by molar-refractivity contribution is 6.32. The van der Waals surface area contributed by atoms with E-state index in [2.05, 4.69) is 4.74 Å². The fourth-order valence-corrected chi connectivity index (χ4v) is 4.30. The summed E-state index contributed by atoms with van der Waals surface area (Å²) in [4.78, 5) is 13.4. The zero-order valence-corrected chi connectivity index (χ0v) is 22.0. The monoisotopic (exact) mass is 608 g/mol. The number of ether oxygens (including phenoxy) is 2. The van der Waals surface area contributed by atoms with Crippen molar-refractivity contribution in [2.24, 2.45) is 5.73 Å². The molecule has 2 rings (SSSR count). The standard InChI is InChI=1S/C25H26ClF9N2O3/c1-3-5-37(6-4-2)20-13-19(26)21(40-25(33,34)35)11-15(20)10-18(39-22(36)38)9-14-7-16(23(27,28)29)12-17(8-14)24(30,31)32/h7-8,11-13,18H,3-6,9-10H2,1-2H3,(H2,36,38). The lowest BCUT2D eigenvalue weighted by Gasteiger charge is -2.29. The largest absolute Gasteiger partial charge is 0.573 e. The number of halogens is 10. The first-order valence-electron chi connectivity index (χ1n) is 11.9. The second-order valence-electron chi connectivity index (χ2n) is 8.83. The minimum atomic E-state index is -5.12. The molecule has 0 fully saturated rings. The third-order valence-corrected chi connectivity index (χ3v) is 5.82. The zero-order valence-electron chi connectivity index (χ0n) is 21.2. The van der Waals surface area contributed by atoms with Gasteiger partial charge in [-0.15, -0.1) is 13.2 Å². The first kappa shape index (κ1) is 33.2. The van der Waals surface area contributed by atoms with Crippen molar-refractivity contribution in [1.29, 1.82) is 0 Å². The summed E-state index contributed by atoms with van der Waals surface area (Å²) in [6.07, 6.45) is -18.1. The Kier molecular flexibility index (Phi) is 10.9. The van der Waals surface area contributed by atoms with Crippen molar-refractivity contribution >= 4 is 23.4 Å². The van der Waals surface area contributed by atoms with E-state index < -0.39 is 71.2 Å². The Hall–Kier alpha value is -3.03. The fourth-order valence-electron chi connectivity index (χ4n) is 4.10. The summed E-state index contributed by atoms with van der Waals surface area (Å²) in [5, 5.41) is -0.395. The van der Waals surface area contributed by atoms with Gasteiger partial charge in [0, 0.05) is 31.6 Å².